The lowest BCUT2D eigenvalue weighted by Gasteiger charge is -2.16. The molecule has 0 aliphatic carbocycles. The standard InChI is InChI=1S/C10H15NO2/c1-3-11-8-4-5-9(11)6-7-10(12)13-2/h9H,3-5,8H2,1-2H3. The first-order valence-electron chi connectivity index (χ1n) is 4.61. The molecule has 1 heterocycles. The molecule has 0 aromatic carbocycles. The van der Waals surface area contributed by atoms with Gasteiger partial charge in [0.2, 0.25) is 0 Å². The van der Waals surface area contributed by atoms with Crippen LogP contribution in [0.2, 0.25) is 0 Å². The Morgan fingerprint density at radius 2 is 2.46 bits per heavy atom. The van der Waals surface area contributed by atoms with Crippen LogP contribution in [0.3, 0.4) is 0 Å². The van der Waals surface area contributed by atoms with Crippen LogP contribution in [0.5, 0.6) is 0 Å². The molecule has 0 spiro atoms. The fraction of sp³-hybridized carbons (Fsp3) is 0.700. The second-order valence-electron chi connectivity index (χ2n) is 3.05. The van der Waals surface area contributed by atoms with Gasteiger partial charge in [0.25, 0.3) is 0 Å². The molecule has 0 aromatic rings. The van der Waals surface area contributed by atoms with Crippen molar-refractivity contribution in [3.8, 4) is 11.8 Å². The van der Waals surface area contributed by atoms with Gasteiger partial charge in [-0.2, -0.15) is 0 Å². The third-order valence-electron chi connectivity index (χ3n) is 2.30. The van der Waals surface area contributed by atoms with Gasteiger partial charge in [0.1, 0.15) is 0 Å². The van der Waals surface area contributed by atoms with Crippen LogP contribution in [0.25, 0.3) is 0 Å². The summed E-state index contributed by atoms with van der Waals surface area (Å²) in [5, 5.41) is 0. The molecule has 0 aromatic heterocycles. The van der Waals surface area contributed by atoms with E-state index >= 15 is 0 Å². The van der Waals surface area contributed by atoms with Gasteiger partial charge in [0.15, 0.2) is 0 Å². The second kappa shape index (κ2) is 4.88. The highest BCUT2D eigenvalue weighted by Crippen LogP contribution is 2.15. The molecule has 1 rings (SSSR count). The first-order valence-corrected chi connectivity index (χ1v) is 4.61. The van der Waals surface area contributed by atoms with E-state index in [4.69, 9.17) is 0 Å². The van der Waals surface area contributed by atoms with Crippen LogP contribution in [-0.2, 0) is 9.53 Å². The molecular formula is C10H15NO2. The maximum atomic E-state index is 10.7. The first-order chi connectivity index (χ1) is 6.27. The number of carbonyl (C=O) groups excluding carboxylic acids is 1. The molecule has 0 amide bonds. The van der Waals surface area contributed by atoms with Gasteiger partial charge in [-0.05, 0) is 25.9 Å². The predicted molar refractivity (Wildman–Crippen MR) is 50.1 cm³/mol. The predicted octanol–water partition coefficient (Wildman–Crippen LogP) is 0.647. The summed E-state index contributed by atoms with van der Waals surface area (Å²) in [6.07, 6.45) is 2.24. The Morgan fingerprint density at radius 3 is 3.08 bits per heavy atom. The monoisotopic (exact) mass is 181 g/mol. The summed E-state index contributed by atoms with van der Waals surface area (Å²) in [4.78, 5) is 13.0. The molecule has 1 saturated heterocycles. The summed E-state index contributed by atoms with van der Waals surface area (Å²) in [6, 6.07) is 0.254. The Bertz CT molecular complexity index is 239. The molecule has 0 saturated carbocycles. The molecule has 1 aliphatic rings. The van der Waals surface area contributed by atoms with Crippen molar-refractivity contribution >= 4 is 5.97 Å². The van der Waals surface area contributed by atoms with E-state index in [-0.39, 0.29) is 6.04 Å². The van der Waals surface area contributed by atoms with E-state index in [2.05, 4.69) is 28.4 Å². The average Bonchev–Trinajstić information content (AvgIpc) is 2.61. The van der Waals surface area contributed by atoms with Crippen LogP contribution in [0, 0.1) is 11.8 Å². The smallest absolute Gasteiger partial charge is 0.384 e. The highest BCUT2D eigenvalue weighted by atomic mass is 16.5. The van der Waals surface area contributed by atoms with Gasteiger partial charge in [-0.1, -0.05) is 12.8 Å². The molecule has 13 heavy (non-hydrogen) atoms. The minimum atomic E-state index is -0.442. The lowest BCUT2D eigenvalue weighted by Crippen LogP contribution is -2.27. The molecule has 1 aliphatic heterocycles. The number of likely N-dealkylation sites (tertiary alicyclic amines) is 1. The summed E-state index contributed by atoms with van der Waals surface area (Å²) in [7, 11) is 1.35. The maximum Gasteiger partial charge on any atom is 0.384 e. The van der Waals surface area contributed by atoms with Gasteiger partial charge in [-0.15, -0.1) is 0 Å². The van der Waals surface area contributed by atoms with Crippen LogP contribution in [0.15, 0.2) is 0 Å². The number of rotatable bonds is 1. The molecule has 3 nitrogen and oxygen atoms in total. The zero-order valence-corrected chi connectivity index (χ0v) is 8.17. The molecule has 0 bridgehead atoms. The van der Waals surface area contributed by atoms with E-state index in [0.717, 1.165) is 19.5 Å². The zero-order chi connectivity index (χ0) is 9.68. The molecule has 1 atom stereocenters. The average molecular weight is 181 g/mol. The van der Waals surface area contributed by atoms with Crippen molar-refractivity contribution < 1.29 is 9.53 Å². The van der Waals surface area contributed by atoms with Gasteiger partial charge >= 0.3 is 5.97 Å². The van der Waals surface area contributed by atoms with Gasteiger partial charge in [0, 0.05) is 5.92 Å². The summed E-state index contributed by atoms with van der Waals surface area (Å²) in [6.45, 7) is 4.20. The number of nitrogens with zero attached hydrogens (tertiary/aromatic N) is 1. The molecule has 1 unspecified atom stereocenters. The Balaban J connectivity index is 2.50. The quantitative estimate of drug-likeness (QED) is 0.338. The number of carbonyl (C=O) groups is 1. The van der Waals surface area contributed by atoms with Crippen molar-refractivity contribution in [1.29, 1.82) is 0 Å². The third kappa shape index (κ3) is 2.74. The molecule has 0 N–H and O–H groups in total. The largest absolute Gasteiger partial charge is 0.459 e. The Labute approximate surface area is 79.1 Å². The Kier molecular flexibility index (Phi) is 3.78. The van der Waals surface area contributed by atoms with Crippen LogP contribution in [0.4, 0.5) is 0 Å². The van der Waals surface area contributed by atoms with E-state index in [1.54, 1.807) is 0 Å². The lowest BCUT2D eigenvalue weighted by molar-refractivity contribution is -0.133. The zero-order valence-electron chi connectivity index (χ0n) is 8.17. The normalized spacial score (nSPS) is 22.2. The van der Waals surface area contributed by atoms with Crippen LogP contribution < -0.4 is 0 Å². The first kappa shape index (κ1) is 10.1. The number of esters is 1. The van der Waals surface area contributed by atoms with Gasteiger partial charge in [-0.3, -0.25) is 4.90 Å². The highest BCUT2D eigenvalue weighted by molar-refractivity contribution is 5.88. The molecular weight excluding hydrogens is 166 g/mol. The summed E-state index contributed by atoms with van der Waals surface area (Å²) >= 11 is 0. The van der Waals surface area contributed by atoms with Crippen LogP contribution in [0.1, 0.15) is 19.8 Å². The minimum Gasteiger partial charge on any atom is -0.459 e. The molecule has 72 valence electrons. The maximum absolute atomic E-state index is 10.7. The number of hydrogen-bond donors (Lipinski definition) is 0. The van der Waals surface area contributed by atoms with Gasteiger partial charge in [0.05, 0.1) is 13.2 Å². The van der Waals surface area contributed by atoms with Crippen molar-refractivity contribution in [1.82, 2.24) is 4.90 Å². The van der Waals surface area contributed by atoms with Crippen molar-refractivity contribution in [2.75, 3.05) is 20.2 Å². The van der Waals surface area contributed by atoms with Crippen molar-refractivity contribution in [2.45, 2.75) is 25.8 Å². The van der Waals surface area contributed by atoms with Crippen molar-refractivity contribution in [2.24, 2.45) is 0 Å². The third-order valence-corrected chi connectivity index (χ3v) is 2.30. The molecule has 0 radical (unpaired) electrons. The SMILES string of the molecule is CCN1CCCC1C#CC(=O)OC. The van der Waals surface area contributed by atoms with Crippen LogP contribution >= 0.6 is 0 Å². The number of methoxy groups -OCH3 is 1. The van der Waals surface area contributed by atoms with E-state index in [9.17, 15) is 4.79 Å². The van der Waals surface area contributed by atoms with Crippen LogP contribution in [-0.4, -0.2) is 37.1 Å². The highest BCUT2D eigenvalue weighted by Gasteiger charge is 2.20. The van der Waals surface area contributed by atoms with Gasteiger partial charge < -0.3 is 4.74 Å². The summed E-state index contributed by atoms with van der Waals surface area (Å²) in [5.41, 5.74) is 0. The summed E-state index contributed by atoms with van der Waals surface area (Å²) in [5.74, 6) is 4.98. The van der Waals surface area contributed by atoms with E-state index in [0.29, 0.717) is 0 Å². The fourth-order valence-electron chi connectivity index (χ4n) is 1.56. The van der Waals surface area contributed by atoms with Crippen molar-refractivity contribution in [3.63, 3.8) is 0 Å². The molecule has 3 heteroatoms. The lowest BCUT2D eigenvalue weighted by atomic mass is 10.2. The topological polar surface area (TPSA) is 29.5 Å². The Morgan fingerprint density at radius 1 is 1.69 bits per heavy atom. The van der Waals surface area contributed by atoms with E-state index in [1.165, 1.54) is 13.5 Å². The molecule has 1 fully saturated rings. The number of ether oxygens (including phenoxy) is 1. The van der Waals surface area contributed by atoms with E-state index < -0.39 is 5.97 Å². The summed E-state index contributed by atoms with van der Waals surface area (Å²) < 4.78 is 4.45. The minimum absolute atomic E-state index is 0.254. The fourth-order valence-corrected chi connectivity index (χ4v) is 1.56. The van der Waals surface area contributed by atoms with E-state index in [1.807, 2.05) is 0 Å². The van der Waals surface area contributed by atoms with Crippen molar-refractivity contribution in [3.05, 3.63) is 0 Å². The van der Waals surface area contributed by atoms with Gasteiger partial charge in [-0.25, -0.2) is 4.79 Å². The number of hydrogen-bond acceptors (Lipinski definition) is 3. The second-order valence-corrected chi connectivity index (χ2v) is 3.05. The Hall–Kier alpha value is -1.01.